The van der Waals surface area contributed by atoms with Crippen molar-refractivity contribution in [2.24, 2.45) is 5.92 Å². The van der Waals surface area contributed by atoms with Gasteiger partial charge in [0.05, 0.1) is 34.0 Å². The Kier molecular flexibility index (Phi) is 6.12. The number of para-hydroxylation sites is 2. The van der Waals surface area contributed by atoms with Crippen LogP contribution in [-0.4, -0.2) is 21.6 Å². The van der Waals surface area contributed by atoms with Gasteiger partial charge in [0.1, 0.15) is 0 Å². The molecule has 6 nitrogen and oxygen atoms in total. The molecule has 150 valence electrons. The molecule has 0 saturated heterocycles. The van der Waals surface area contributed by atoms with E-state index in [0.29, 0.717) is 23.4 Å². The molecule has 0 saturated carbocycles. The number of benzene rings is 2. The van der Waals surface area contributed by atoms with Gasteiger partial charge in [-0.25, -0.2) is 4.68 Å². The number of hydrogen-bond acceptors (Lipinski definition) is 3. The molecule has 3 aromatic rings. The van der Waals surface area contributed by atoms with Crippen LogP contribution < -0.4 is 10.6 Å². The molecule has 6 heteroatoms. The van der Waals surface area contributed by atoms with Crippen LogP contribution in [0.4, 0.5) is 11.4 Å². The highest BCUT2D eigenvalue weighted by molar-refractivity contribution is 6.10. The Morgan fingerprint density at radius 1 is 0.966 bits per heavy atom. The van der Waals surface area contributed by atoms with Gasteiger partial charge in [0, 0.05) is 6.42 Å². The second-order valence-corrected chi connectivity index (χ2v) is 7.44. The zero-order valence-electron chi connectivity index (χ0n) is 17.2. The lowest BCUT2D eigenvalue weighted by molar-refractivity contribution is -0.116. The van der Waals surface area contributed by atoms with Gasteiger partial charge < -0.3 is 10.6 Å². The summed E-state index contributed by atoms with van der Waals surface area (Å²) in [4.78, 5) is 25.2. The predicted molar refractivity (Wildman–Crippen MR) is 116 cm³/mol. The highest BCUT2D eigenvalue weighted by Crippen LogP contribution is 2.25. The third-order valence-corrected chi connectivity index (χ3v) is 4.57. The first kappa shape index (κ1) is 20.3. The second kappa shape index (κ2) is 8.73. The zero-order valence-corrected chi connectivity index (χ0v) is 17.2. The lowest BCUT2D eigenvalue weighted by Crippen LogP contribution is -2.19. The van der Waals surface area contributed by atoms with Gasteiger partial charge >= 0.3 is 0 Å². The first-order valence-electron chi connectivity index (χ1n) is 9.68. The van der Waals surface area contributed by atoms with Crippen molar-refractivity contribution in [3.63, 3.8) is 0 Å². The molecule has 0 aliphatic rings. The van der Waals surface area contributed by atoms with Gasteiger partial charge in [-0.3, -0.25) is 9.59 Å². The average molecular weight is 390 g/mol. The Bertz CT molecular complexity index is 1020. The maximum Gasteiger partial charge on any atom is 0.257 e. The minimum absolute atomic E-state index is 0.107. The number of hydrogen-bond donors (Lipinski definition) is 2. The summed E-state index contributed by atoms with van der Waals surface area (Å²) >= 11 is 0. The summed E-state index contributed by atoms with van der Waals surface area (Å²) in [6.07, 6.45) is 0.401. The predicted octanol–water partition coefficient (Wildman–Crippen LogP) is 4.73. The topological polar surface area (TPSA) is 76.0 Å². The van der Waals surface area contributed by atoms with Crippen LogP contribution in [0.5, 0.6) is 0 Å². The number of carbonyl (C=O) groups is 2. The summed E-state index contributed by atoms with van der Waals surface area (Å²) in [5.74, 6) is -0.154. The van der Waals surface area contributed by atoms with Crippen LogP contribution in [0.1, 0.15) is 42.0 Å². The molecular formula is C23H26N4O2. The molecule has 2 amide bonds. The van der Waals surface area contributed by atoms with E-state index in [9.17, 15) is 9.59 Å². The average Bonchev–Trinajstić information content (AvgIpc) is 2.96. The summed E-state index contributed by atoms with van der Waals surface area (Å²) in [6, 6.07) is 16.8. The fraction of sp³-hybridized carbons (Fsp3) is 0.261. The third-order valence-electron chi connectivity index (χ3n) is 4.57. The number of aryl methyl sites for hydroxylation is 1. The number of nitrogens with one attached hydrogen (secondary N) is 2. The molecule has 3 rings (SSSR count). The second-order valence-electron chi connectivity index (χ2n) is 7.44. The molecule has 0 fully saturated rings. The van der Waals surface area contributed by atoms with Gasteiger partial charge in [0.2, 0.25) is 5.91 Å². The SMILES string of the molecule is Cc1nn(-c2ccccc2)c(C)c1NC(=O)c1ccccc1NC(=O)CC(C)C. The Morgan fingerprint density at radius 2 is 1.62 bits per heavy atom. The highest BCUT2D eigenvalue weighted by Gasteiger charge is 2.18. The van der Waals surface area contributed by atoms with Crippen molar-refractivity contribution in [3.8, 4) is 5.69 Å². The van der Waals surface area contributed by atoms with E-state index in [1.165, 1.54) is 0 Å². The molecule has 0 atom stereocenters. The van der Waals surface area contributed by atoms with Crippen molar-refractivity contribution in [2.75, 3.05) is 10.6 Å². The lowest BCUT2D eigenvalue weighted by Gasteiger charge is -2.12. The number of anilines is 2. The first-order valence-corrected chi connectivity index (χ1v) is 9.68. The van der Waals surface area contributed by atoms with E-state index in [4.69, 9.17) is 0 Å². The fourth-order valence-electron chi connectivity index (χ4n) is 3.19. The molecule has 0 aliphatic carbocycles. The molecule has 0 unspecified atom stereocenters. The molecule has 1 aromatic heterocycles. The Labute approximate surface area is 170 Å². The summed E-state index contributed by atoms with van der Waals surface area (Å²) in [5, 5.41) is 10.4. The number of amides is 2. The molecule has 0 aliphatic heterocycles. The standard InChI is InChI=1S/C23H26N4O2/c1-15(2)14-21(28)24-20-13-9-8-12-19(20)23(29)25-22-16(3)26-27(17(22)4)18-10-6-5-7-11-18/h5-13,15H,14H2,1-4H3,(H,24,28)(H,25,29). The van der Waals surface area contributed by atoms with E-state index >= 15 is 0 Å². The monoisotopic (exact) mass is 390 g/mol. The maximum atomic E-state index is 13.0. The molecular weight excluding hydrogens is 364 g/mol. The van der Waals surface area contributed by atoms with Crippen LogP contribution in [0.3, 0.4) is 0 Å². The van der Waals surface area contributed by atoms with Crippen LogP contribution in [0.25, 0.3) is 5.69 Å². The van der Waals surface area contributed by atoms with Crippen molar-refractivity contribution < 1.29 is 9.59 Å². The summed E-state index contributed by atoms with van der Waals surface area (Å²) < 4.78 is 1.81. The summed E-state index contributed by atoms with van der Waals surface area (Å²) in [7, 11) is 0. The van der Waals surface area contributed by atoms with Gasteiger partial charge in [0.25, 0.3) is 5.91 Å². The molecule has 0 spiro atoms. The van der Waals surface area contributed by atoms with Crippen LogP contribution >= 0.6 is 0 Å². The number of rotatable bonds is 6. The van der Waals surface area contributed by atoms with Crippen LogP contribution in [0.2, 0.25) is 0 Å². The first-order chi connectivity index (χ1) is 13.9. The molecule has 0 bridgehead atoms. The van der Waals surface area contributed by atoms with Gasteiger partial charge in [0.15, 0.2) is 0 Å². The van der Waals surface area contributed by atoms with E-state index in [1.54, 1.807) is 28.9 Å². The fourth-order valence-corrected chi connectivity index (χ4v) is 3.19. The maximum absolute atomic E-state index is 13.0. The minimum Gasteiger partial charge on any atom is -0.325 e. The number of carbonyl (C=O) groups excluding carboxylic acids is 2. The van der Waals surface area contributed by atoms with Gasteiger partial charge in [-0.15, -0.1) is 0 Å². The Balaban J connectivity index is 1.85. The molecule has 2 N–H and O–H groups in total. The van der Waals surface area contributed by atoms with E-state index in [-0.39, 0.29) is 17.7 Å². The number of nitrogens with zero attached hydrogens (tertiary/aromatic N) is 2. The van der Waals surface area contributed by atoms with Crippen LogP contribution in [0, 0.1) is 19.8 Å². The Hall–Kier alpha value is -3.41. The van der Waals surface area contributed by atoms with E-state index in [0.717, 1.165) is 17.1 Å². The van der Waals surface area contributed by atoms with Crippen molar-refractivity contribution in [1.82, 2.24) is 9.78 Å². The third kappa shape index (κ3) is 4.71. The largest absolute Gasteiger partial charge is 0.325 e. The van der Waals surface area contributed by atoms with Crippen molar-refractivity contribution in [1.29, 1.82) is 0 Å². The molecule has 29 heavy (non-hydrogen) atoms. The van der Waals surface area contributed by atoms with E-state index in [2.05, 4.69) is 15.7 Å². The van der Waals surface area contributed by atoms with Crippen molar-refractivity contribution in [2.45, 2.75) is 34.1 Å². The molecule has 2 aromatic carbocycles. The summed E-state index contributed by atoms with van der Waals surface area (Å²) in [6.45, 7) is 7.74. The van der Waals surface area contributed by atoms with Crippen LogP contribution in [0.15, 0.2) is 54.6 Å². The summed E-state index contributed by atoms with van der Waals surface area (Å²) in [5.41, 5.74) is 4.07. The lowest BCUT2D eigenvalue weighted by atomic mass is 10.1. The van der Waals surface area contributed by atoms with Gasteiger partial charge in [-0.2, -0.15) is 5.10 Å². The van der Waals surface area contributed by atoms with Gasteiger partial charge in [-0.05, 0) is 44.0 Å². The molecule has 1 heterocycles. The quantitative estimate of drug-likeness (QED) is 0.639. The van der Waals surface area contributed by atoms with Crippen molar-refractivity contribution >= 4 is 23.2 Å². The smallest absolute Gasteiger partial charge is 0.257 e. The minimum atomic E-state index is -0.288. The number of aromatic nitrogens is 2. The van der Waals surface area contributed by atoms with Gasteiger partial charge in [-0.1, -0.05) is 44.2 Å². The van der Waals surface area contributed by atoms with Crippen molar-refractivity contribution in [3.05, 3.63) is 71.5 Å². The van der Waals surface area contributed by atoms with E-state index in [1.807, 2.05) is 58.0 Å². The van der Waals surface area contributed by atoms with E-state index < -0.39 is 0 Å². The zero-order chi connectivity index (χ0) is 21.0. The Morgan fingerprint density at radius 3 is 2.31 bits per heavy atom. The highest BCUT2D eigenvalue weighted by atomic mass is 16.2. The normalized spacial score (nSPS) is 10.8. The molecule has 0 radical (unpaired) electrons. The van der Waals surface area contributed by atoms with Crippen LogP contribution in [-0.2, 0) is 4.79 Å².